The van der Waals surface area contributed by atoms with E-state index in [4.69, 9.17) is 16.0 Å². The smallest absolute Gasteiger partial charge is 0.290 e. The molecule has 0 aliphatic carbocycles. The van der Waals surface area contributed by atoms with Crippen LogP contribution < -0.4 is 5.43 Å². The Morgan fingerprint density at radius 3 is 2.48 bits per heavy atom. The lowest BCUT2D eigenvalue weighted by Crippen LogP contribution is -2.32. The number of halogens is 2. The highest BCUT2D eigenvalue weighted by atomic mass is 35.5. The number of amides is 1. The lowest BCUT2D eigenvalue weighted by molar-refractivity contribution is 0.0728. The molecule has 0 unspecified atom stereocenters. The van der Waals surface area contributed by atoms with Gasteiger partial charge in [-0.25, -0.2) is 4.39 Å². The third kappa shape index (κ3) is 3.31. The van der Waals surface area contributed by atoms with Crippen LogP contribution in [0, 0.1) is 5.82 Å². The summed E-state index contributed by atoms with van der Waals surface area (Å²) in [4.78, 5) is 28.2. The summed E-state index contributed by atoms with van der Waals surface area (Å²) >= 11 is 6.08. The van der Waals surface area contributed by atoms with E-state index in [9.17, 15) is 14.0 Å². The second-order valence-electron chi connectivity index (χ2n) is 7.47. The van der Waals surface area contributed by atoms with E-state index in [1.807, 2.05) is 30.3 Å². The maximum absolute atomic E-state index is 14.8. The summed E-state index contributed by atoms with van der Waals surface area (Å²) < 4.78 is 20.7. The predicted molar refractivity (Wildman–Crippen MR) is 117 cm³/mol. The van der Waals surface area contributed by atoms with Gasteiger partial charge in [-0.05, 0) is 36.2 Å². The van der Waals surface area contributed by atoms with Gasteiger partial charge in [0.25, 0.3) is 5.91 Å². The fourth-order valence-electron chi connectivity index (χ4n) is 4.14. The van der Waals surface area contributed by atoms with Crippen molar-refractivity contribution in [3.05, 3.63) is 116 Å². The molecule has 1 amide bonds. The van der Waals surface area contributed by atoms with Crippen LogP contribution in [0.1, 0.15) is 33.3 Å². The molecule has 0 fully saturated rings. The van der Waals surface area contributed by atoms with E-state index in [0.29, 0.717) is 18.0 Å². The highest BCUT2D eigenvalue weighted by molar-refractivity contribution is 6.31. The molecule has 4 nitrogen and oxygen atoms in total. The van der Waals surface area contributed by atoms with Crippen molar-refractivity contribution < 1.29 is 13.6 Å². The number of carbonyl (C=O) groups is 1. The molecule has 154 valence electrons. The lowest BCUT2D eigenvalue weighted by atomic mass is 9.98. The van der Waals surface area contributed by atoms with Gasteiger partial charge in [-0.1, -0.05) is 60.1 Å². The van der Waals surface area contributed by atoms with Gasteiger partial charge in [0.15, 0.2) is 5.43 Å². The topological polar surface area (TPSA) is 50.5 Å². The number of hydrogen-bond donors (Lipinski definition) is 0. The summed E-state index contributed by atoms with van der Waals surface area (Å²) in [7, 11) is 0. The first kappa shape index (κ1) is 19.5. The van der Waals surface area contributed by atoms with Crippen molar-refractivity contribution >= 4 is 28.5 Å². The Balaban J connectivity index is 1.68. The van der Waals surface area contributed by atoms with Crippen molar-refractivity contribution in [2.75, 3.05) is 6.54 Å². The molecule has 4 aromatic rings. The SMILES string of the molecule is O=C1c2oc3ccc(Cl)cc3c(=O)c2[C@@H](c2ccccc2F)N1CCc1ccccc1. The van der Waals surface area contributed by atoms with Gasteiger partial charge in [-0.2, -0.15) is 0 Å². The first-order chi connectivity index (χ1) is 15.0. The van der Waals surface area contributed by atoms with Gasteiger partial charge in [-0.3, -0.25) is 9.59 Å². The predicted octanol–water partition coefficient (Wildman–Crippen LogP) is 5.37. The Morgan fingerprint density at radius 1 is 0.968 bits per heavy atom. The molecule has 0 saturated carbocycles. The molecule has 0 saturated heterocycles. The Kier molecular flexibility index (Phi) is 4.83. The molecule has 31 heavy (non-hydrogen) atoms. The monoisotopic (exact) mass is 433 g/mol. The Hall–Kier alpha value is -3.44. The molecule has 1 atom stereocenters. The lowest BCUT2D eigenvalue weighted by Gasteiger charge is -2.25. The average molecular weight is 434 g/mol. The van der Waals surface area contributed by atoms with Crippen LogP contribution >= 0.6 is 11.6 Å². The quantitative estimate of drug-likeness (QED) is 0.434. The average Bonchev–Trinajstić information content (AvgIpc) is 3.06. The largest absolute Gasteiger partial charge is 0.450 e. The molecule has 0 spiro atoms. The standard InChI is InChI=1S/C25H17ClFNO3/c26-16-10-11-20-18(14-16)23(29)21-22(17-8-4-5-9-19(17)27)28(25(30)24(21)31-20)13-12-15-6-2-1-3-7-15/h1-11,14,22H,12-13H2/t22-/m1/s1. The van der Waals surface area contributed by atoms with E-state index in [-0.39, 0.29) is 33.3 Å². The number of rotatable bonds is 4. The molecule has 0 radical (unpaired) electrons. The van der Waals surface area contributed by atoms with Crippen molar-refractivity contribution in [3.8, 4) is 0 Å². The van der Waals surface area contributed by atoms with Gasteiger partial charge in [0.1, 0.15) is 11.4 Å². The molecule has 6 heteroatoms. The van der Waals surface area contributed by atoms with Crippen molar-refractivity contribution in [3.63, 3.8) is 0 Å². The molecule has 2 heterocycles. The molecule has 3 aromatic carbocycles. The molecule has 0 bridgehead atoms. The zero-order valence-electron chi connectivity index (χ0n) is 16.3. The second-order valence-corrected chi connectivity index (χ2v) is 7.91. The number of hydrogen-bond acceptors (Lipinski definition) is 3. The van der Waals surface area contributed by atoms with Crippen LogP contribution in [0.5, 0.6) is 0 Å². The number of fused-ring (bicyclic) bond motifs is 2. The molecule has 1 aliphatic rings. The van der Waals surface area contributed by atoms with E-state index in [1.165, 1.54) is 17.0 Å². The fourth-order valence-corrected chi connectivity index (χ4v) is 4.31. The first-order valence-electron chi connectivity index (χ1n) is 9.90. The maximum Gasteiger partial charge on any atom is 0.290 e. The minimum absolute atomic E-state index is 0.0406. The van der Waals surface area contributed by atoms with Crippen LogP contribution in [-0.4, -0.2) is 17.4 Å². The van der Waals surface area contributed by atoms with Crippen molar-refractivity contribution in [2.45, 2.75) is 12.5 Å². The Bertz CT molecular complexity index is 1370. The highest BCUT2D eigenvalue weighted by Gasteiger charge is 2.43. The minimum atomic E-state index is -0.868. The van der Waals surface area contributed by atoms with Crippen LogP contribution in [0.4, 0.5) is 4.39 Å². The molecule has 1 aromatic heterocycles. The summed E-state index contributed by atoms with van der Waals surface area (Å²) in [6, 6.07) is 19.7. The zero-order chi connectivity index (χ0) is 21.5. The first-order valence-corrected chi connectivity index (χ1v) is 10.3. The van der Waals surface area contributed by atoms with Crippen LogP contribution in [-0.2, 0) is 6.42 Å². The van der Waals surface area contributed by atoms with Crippen LogP contribution in [0.3, 0.4) is 0 Å². The fraction of sp³-hybridized carbons (Fsp3) is 0.120. The maximum atomic E-state index is 14.8. The molecular formula is C25H17ClFNO3. The molecule has 0 N–H and O–H groups in total. The van der Waals surface area contributed by atoms with E-state index in [2.05, 4.69) is 0 Å². The molecule has 5 rings (SSSR count). The van der Waals surface area contributed by atoms with Gasteiger partial charge in [0.05, 0.1) is 17.0 Å². The normalized spacial score (nSPS) is 15.5. The van der Waals surface area contributed by atoms with Crippen LogP contribution in [0.2, 0.25) is 5.02 Å². The summed E-state index contributed by atoms with van der Waals surface area (Å²) in [5.74, 6) is -0.947. The highest BCUT2D eigenvalue weighted by Crippen LogP contribution is 2.39. The molecular weight excluding hydrogens is 417 g/mol. The Morgan fingerprint density at radius 2 is 1.71 bits per heavy atom. The van der Waals surface area contributed by atoms with E-state index in [1.54, 1.807) is 30.3 Å². The summed E-state index contributed by atoms with van der Waals surface area (Å²) in [5.41, 5.74) is 1.35. The third-order valence-electron chi connectivity index (χ3n) is 5.61. The van der Waals surface area contributed by atoms with Crippen molar-refractivity contribution in [2.24, 2.45) is 0 Å². The second kappa shape index (κ2) is 7.67. The van der Waals surface area contributed by atoms with Crippen LogP contribution in [0.15, 0.2) is 82.0 Å². The van der Waals surface area contributed by atoms with Gasteiger partial charge in [-0.15, -0.1) is 0 Å². The number of carbonyl (C=O) groups excluding carboxylic acids is 1. The summed E-state index contributed by atoms with van der Waals surface area (Å²) in [5, 5.41) is 0.651. The number of nitrogens with zero attached hydrogens (tertiary/aromatic N) is 1. The van der Waals surface area contributed by atoms with E-state index >= 15 is 0 Å². The zero-order valence-corrected chi connectivity index (χ0v) is 17.1. The summed E-state index contributed by atoms with van der Waals surface area (Å²) in [6.45, 7) is 0.308. The third-order valence-corrected chi connectivity index (χ3v) is 5.85. The van der Waals surface area contributed by atoms with Gasteiger partial charge in [0.2, 0.25) is 5.76 Å². The summed E-state index contributed by atoms with van der Waals surface area (Å²) in [6.07, 6.45) is 0.561. The number of benzene rings is 3. The molecule has 1 aliphatic heterocycles. The van der Waals surface area contributed by atoms with Gasteiger partial charge < -0.3 is 9.32 Å². The van der Waals surface area contributed by atoms with Gasteiger partial charge >= 0.3 is 0 Å². The van der Waals surface area contributed by atoms with E-state index in [0.717, 1.165) is 5.56 Å². The van der Waals surface area contributed by atoms with Crippen molar-refractivity contribution in [1.82, 2.24) is 4.90 Å². The van der Waals surface area contributed by atoms with Crippen LogP contribution in [0.25, 0.3) is 11.0 Å². The van der Waals surface area contributed by atoms with Gasteiger partial charge in [0, 0.05) is 17.1 Å². The van der Waals surface area contributed by atoms with E-state index < -0.39 is 17.8 Å². The Labute approximate surface area is 182 Å². The van der Waals surface area contributed by atoms with Crippen molar-refractivity contribution in [1.29, 1.82) is 0 Å². The minimum Gasteiger partial charge on any atom is -0.450 e.